The summed E-state index contributed by atoms with van der Waals surface area (Å²) < 4.78 is 1.54. The zero-order valence-corrected chi connectivity index (χ0v) is 18.7. The maximum Gasteiger partial charge on any atom is 0.294 e. The summed E-state index contributed by atoms with van der Waals surface area (Å²) in [7, 11) is -1.56. The highest BCUT2D eigenvalue weighted by atomic mass is 35.5. The Labute approximate surface area is 176 Å². The molecular weight excluding hydrogens is 400 g/mol. The summed E-state index contributed by atoms with van der Waals surface area (Å²) in [6.07, 6.45) is 3.27. The number of nitrogens with zero attached hydrogens (tertiary/aromatic N) is 3. The molecule has 0 atom stereocenters. The van der Waals surface area contributed by atoms with Crippen LogP contribution in [0.1, 0.15) is 16.7 Å². The Balaban J connectivity index is 1.99. The van der Waals surface area contributed by atoms with Gasteiger partial charge < -0.3 is 9.88 Å². The van der Waals surface area contributed by atoms with Gasteiger partial charge in [-0.1, -0.05) is 67.5 Å². The number of aryl methyl sites for hydroxylation is 1. The van der Waals surface area contributed by atoms with Crippen LogP contribution in [0.2, 0.25) is 24.8 Å². The largest absolute Gasteiger partial charge is 0.319 e. The molecule has 0 fully saturated rings. The first kappa shape index (κ1) is 20.8. The van der Waals surface area contributed by atoms with Gasteiger partial charge in [-0.15, -0.1) is 5.54 Å². The molecule has 0 amide bonds. The summed E-state index contributed by atoms with van der Waals surface area (Å²) in [6.45, 7) is 8.90. The molecule has 29 heavy (non-hydrogen) atoms. The third-order valence-corrected chi connectivity index (χ3v) is 5.03. The predicted molar refractivity (Wildman–Crippen MR) is 122 cm³/mol. The molecule has 0 unspecified atom stereocenters. The minimum Gasteiger partial charge on any atom is -0.319 e. The number of rotatable bonds is 4. The van der Waals surface area contributed by atoms with Gasteiger partial charge in [0, 0.05) is 12.4 Å². The quantitative estimate of drug-likeness (QED) is 0.492. The smallest absolute Gasteiger partial charge is 0.294 e. The lowest BCUT2D eigenvalue weighted by molar-refractivity contribution is 0.751. The summed E-state index contributed by atoms with van der Waals surface area (Å²) in [6, 6.07) is 11.7. The van der Waals surface area contributed by atoms with Crippen LogP contribution in [0.25, 0.3) is 0 Å². The molecule has 2 heterocycles. The van der Waals surface area contributed by atoms with Crippen LogP contribution in [-0.2, 0) is 6.54 Å². The van der Waals surface area contributed by atoms with Crippen LogP contribution in [0.5, 0.6) is 0 Å². The molecule has 0 aliphatic rings. The second-order valence-corrected chi connectivity index (χ2v) is 13.0. The standard InChI is InChI=1S/C22H23ClN4OSi/c1-16-12-18(10-11-29(2,3)4)20(24-13-16)26-21-22(28)27(15-19(23)25-21)14-17-8-6-5-7-9-17/h5-9,12-13,15H,14H2,1-4H3,(H,24,25,26). The van der Waals surface area contributed by atoms with Crippen molar-refractivity contribution in [3.63, 3.8) is 0 Å². The predicted octanol–water partition coefficient (Wildman–Crippen LogP) is 4.62. The van der Waals surface area contributed by atoms with Crippen molar-refractivity contribution in [2.75, 3.05) is 5.32 Å². The molecule has 0 radical (unpaired) electrons. The molecule has 0 aliphatic carbocycles. The Morgan fingerprint density at radius 1 is 1.17 bits per heavy atom. The zero-order chi connectivity index (χ0) is 21.0. The average molecular weight is 423 g/mol. The molecule has 1 aromatic carbocycles. The van der Waals surface area contributed by atoms with Gasteiger partial charge in [0.1, 0.15) is 19.0 Å². The van der Waals surface area contributed by atoms with Gasteiger partial charge >= 0.3 is 0 Å². The fourth-order valence-electron chi connectivity index (χ4n) is 2.62. The highest BCUT2D eigenvalue weighted by Crippen LogP contribution is 2.18. The monoisotopic (exact) mass is 422 g/mol. The number of anilines is 2. The van der Waals surface area contributed by atoms with Crippen LogP contribution in [0.3, 0.4) is 0 Å². The van der Waals surface area contributed by atoms with E-state index in [2.05, 4.69) is 46.4 Å². The van der Waals surface area contributed by atoms with E-state index in [0.29, 0.717) is 12.4 Å². The Morgan fingerprint density at radius 3 is 2.59 bits per heavy atom. The normalized spacial score (nSPS) is 10.9. The van der Waals surface area contributed by atoms with E-state index in [9.17, 15) is 4.79 Å². The third kappa shape index (κ3) is 5.80. The second kappa shape index (κ2) is 8.64. The highest BCUT2D eigenvalue weighted by Gasteiger charge is 2.13. The van der Waals surface area contributed by atoms with Crippen molar-refractivity contribution in [1.29, 1.82) is 0 Å². The van der Waals surface area contributed by atoms with E-state index >= 15 is 0 Å². The molecule has 3 rings (SSSR count). The Bertz CT molecular complexity index is 1140. The van der Waals surface area contributed by atoms with Gasteiger partial charge in [0.2, 0.25) is 0 Å². The van der Waals surface area contributed by atoms with Crippen molar-refractivity contribution in [1.82, 2.24) is 14.5 Å². The number of benzene rings is 1. The Kier molecular flexibility index (Phi) is 6.21. The lowest BCUT2D eigenvalue weighted by atomic mass is 10.2. The number of hydrogen-bond acceptors (Lipinski definition) is 4. The molecule has 3 aromatic rings. The molecule has 5 nitrogen and oxygen atoms in total. The molecule has 7 heteroatoms. The lowest BCUT2D eigenvalue weighted by Gasteiger charge is -2.11. The van der Waals surface area contributed by atoms with Crippen molar-refractivity contribution < 1.29 is 0 Å². The van der Waals surface area contributed by atoms with Gasteiger partial charge in [-0.3, -0.25) is 4.79 Å². The first-order valence-electron chi connectivity index (χ1n) is 9.29. The fourth-order valence-corrected chi connectivity index (χ4v) is 3.33. The SMILES string of the molecule is Cc1cnc(Nc2nc(Cl)cn(Cc3ccccc3)c2=O)c(C#C[Si](C)(C)C)c1. The van der Waals surface area contributed by atoms with Gasteiger partial charge in [0.25, 0.3) is 5.56 Å². The first-order valence-corrected chi connectivity index (χ1v) is 13.2. The molecule has 148 valence electrons. The number of pyridine rings is 1. The van der Waals surface area contributed by atoms with Crippen LogP contribution in [-0.4, -0.2) is 22.6 Å². The van der Waals surface area contributed by atoms with Gasteiger partial charge in [0.15, 0.2) is 5.82 Å². The summed E-state index contributed by atoms with van der Waals surface area (Å²) in [5, 5.41) is 3.27. The van der Waals surface area contributed by atoms with E-state index in [4.69, 9.17) is 11.6 Å². The molecule has 0 spiro atoms. The topological polar surface area (TPSA) is 59.8 Å². The van der Waals surface area contributed by atoms with E-state index < -0.39 is 8.07 Å². The Morgan fingerprint density at radius 2 is 1.90 bits per heavy atom. The molecule has 2 aromatic heterocycles. The number of hydrogen-bond donors (Lipinski definition) is 1. The maximum atomic E-state index is 12.9. The molecule has 1 N–H and O–H groups in total. The van der Waals surface area contributed by atoms with E-state index in [1.165, 1.54) is 10.8 Å². The van der Waals surface area contributed by atoms with Crippen molar-refractivity contribution in [3.8, 4) is 11.5 Å². The number of aromatic nitrogens is 3. The van der Waals surface area contributed by atoms with Gasteiger partial charge in [-0.05, 0) is 24.1 Å². The van der Waals surface area contributed by atoms with E-state index in [-0.39, 0.29) is 16.5 Å². The Hall–Kier alpha value is -2.88. The van der Waals surface area contributed by atoms with Crippen LogP contribution in [0.15, 0.2) is 53.6 Å². The van der Waals surface area contributed by atoms with Crippen molar-refractivity contribution in [3.05, 3.63) is 81.0 Å². The molecule has 0 saturated heterocycles. The van der Waals surface area contributed by atoms with Gasteiger partial charge in [-0.2, -0.15) is 0 Å². The van der Waals surface area contributed by atoms with Crippen molar-refractivity contribution >= 4 is 31.3 Å². The van der Waals surface area contributed by atoms with Crippen LogP contribution in [0, 0.1) is 18.4 Å². The first-order chi connectivity index (χ1) is 13.7. The molecule has 0 bridgehead atoms. The second-order valence-electron chi connectivity index (χ2n) is 7.86. The zero-order valence-electron chi connectivity index (χ0n) is 17.0. The summed E-state index contributed by atoms with van der Waals surface area (Å²) in [4.78, 5) is 21.6. The van der Waals surface area contributed by atoms with Crippen molar-refractivity contribution in [2.45, 2.75) is 33.1 Å². The summed E-state index contributed by atoms with van der Waals surface area (Å²) in [5.74, 6) is 3.85. The highest BCUT2D eigenvalue weighted by molar-refractivity contribution is 6.83. The lowest BCUT2D eigenvalue weighted by Crippen LogP contribution is -2.24. The van der Waals surface area contributed by atoms with Gasteiger partial charge in [0.05, 0.1) is 12.1 Å². The third-order valence-electron chi connectivity index (χ3n) is 3.97. The van der Waals surface area contributed by atoms with Gasteiger partial charge in [-0.25, -0.2) is 9.97 Å². The summed E-state index contributed by atoms with van der Waals surface area (Å²) >= 11 is 6.19. The maximum absolute atomic E-state index is 12.9. The van der Waals surface area contributed by atoms with Crippen LogP contribution in [0.4, 0.5) is 11.6 Å². The summed E-state index contributed by atoms with van der Waals surface area (Å²) in [5.41, 5.74) is 5.80. The fraction of sp³-hybridized carbons (Fsp3) is 0.227. The minimum absolute atomic E-state index is 0.126. The number of nitrogens with one attached hydrogen (secondary N) is 1. The van der Waals surface area contributed by atoms with Crippen molar-refractivity contribution in [2.24, 2.45) is 0 Å². The van der Waals surface area contributed by atoms with E-state index in [1.807, 2.05) is 43.3 Å². The van der Waals surface area contributed by atoms with E-state index in [1.54, 1.807) is 6.20 Å². The minimum atomic E-state index is -1.56. The van der Waals surface area contributed by atoms with Crippen LogP contribution >= 0.6 is 11.6 Å². The molecule has 0 aliphatic heterocycles. The van der Waals surface area contributed by atoms with Crippen LogP contribution < -0.4 is 10.9 Å². The van der Waals surface area contributed by atoms with E-state index in [0.717, 1.165) is 16.7 Å². The number of halogens is 1. The molecular formula is C22H23ClN4OSi. The average Bonchev–Trinajstić information content (AvgIpc) is 2.65. The molecule has 0 saturated carbocycles.